The molecule has 0 aromatic carbocycles. The van der Waals surface area contributed by atoms with Gasteiger partial charge in [-0.25, -0.2) is 4.98 Å². The molecule has 0 saturated carbocycles. The molecule has 0 saturated heterocycles. The molecular weight excluding hydrogens is 162 g/mol. The van der Waals surface area contributed by atoms with Crippen LogP contribution < -0.4 is 4.90 Å². The molecule has 1 aromatic heterocycles. The van der Waals surface area contributed by atoms with E-state index in [0.717, 1.165) is 25.3 Å². The molecule has 68 valence electrons. The Bertz CT molecular complexity index is 305. The van der Waals surface area contributed by atoms with E-state index in [4.69, 9.17) is 0 Å². The first kappa shape index (κ1) is 8.23. The lowest BCUT2D eigenvalue weighted by Crippen LogP contribution is -2.28. The summed E-state index contributed by atoms with van der Waals surface area (Å²) >= 11 is 0. The van der Waals surface area contributed by atoms with Gasteiger partial charge in [-0.05, 0) is 13.3 Å². The van der Waals surface area contributed by atoms with Crippen LogP contribution in [0.25, 0.3) is 0 Å². The Morgan fingerprint density at radius 3 is 2.92 bits per heavy atom. The maximum Gasteiger partial charge on any atom is 0.147 e. The van der Waals surface area contributed by atoms with Crippen LogP contribution in [0.1, 0.15) is 13.3 Å². The zero-order valence-corrected chi connectivity index (χ0v) is 7.77. The summed E-state index contributed by atoms with van der Waals surface area (Å²) in [5.41, 5.74) is 1.47. The Hall–Kier alpha value is -1.38. The van der Waals surface area contributed by atoms with Crippen LogP contribution in [0.5, 0.6) is 0 Å². The molecular formula is C10H13N3. The van der Waals surface area contributed by atoms with Crippen LogP contribution in [0.15, 0.2) is 30.2 Å². The van der Waals surface area contributed by atoms with Crippen molar-refractivity contribution in [2.75, 3.05) is 18.0 Å². The largest absolute Gasteiger partial charge is 0.351 e. The van der Waals surface area contributed by atoms with E-state index < -0.39 is 0 Å². The Balaban J connectivity index is 2.12. The van der Waals surface area contributed by atoms with E-state index in [2.05, 4.69) is 27.9 Å². The SMILES string of the molecule is CC1=CCN(c2cnccn2)CC1. The zero-order valence-electron chi connectivity index (χ0n) is 7.77. The molecule has 1 aliphatic rings. The number of hydrogen-bond acceptors (Lipinski definition) is 3. The van der Waals surface area contributed by atoms with Gasteiger partial charge in [-0.2, -0.15) is 0 Å². The fraction of sp³-hybridized carbons (Fsp3) is 0.400. The van der Waals surface area contributed by atoms with Crippen molar-refractivity contribution < 1.29 is 0 Å². The van der Waals surface area contributed by atoms with Gasteiger partial charge in [-0.15, -0.1) is 0 Å². The quantitative estimate of drug-likeness (QED) is 0.607. The summed E-state index contributed by atoms with van der Waals surface area (Å²) in [7, 11) is 0. The van der Waals surface area contributed by atoms with Gasteiger partial charge >= 0.3 is 0 Å². The van der Waals surface area contributed by atoms with E-state index >= 15 is 0 Å². The number of hydrogen-bond donors (Lipinski definition) is 0. The molecule has 0 radical (unpaired) electrons. The van der Waals surface area contributed by atoms with Crippen LogP contribution in [0.3, 0.4) is 0 Å². The lowest BCUT2D eigenvalue weighted by molar-refractivity contribution is 0.772. The highest BCUT2D eigenvalue weighted by molar-refractivity contribution is 5.38. The second kappa shape index (κ2) is 3.56. The molecule has 13 heavy (non-hydrogen) atoms. The smallest absolute Gasteiger partial charge is 0.147 e. The average molecular weight is 175 g/mol. The van der Waals surface area contributed by atoms with E-state index in [9.17, 15) is 0 Å². The van der Waals surface area contributed by atoms with Crippen molar-refractivity contribution in [1.82, 2.24) is 9.97 Å². The molecule has 1 aromatic rings. The molecule has 1 aliphatic heterocycles. The van der Waals surface area contributed by atoms with E-state index in [-0.39, 0.29) is 0 Å². The van der Waals surface area contributed by atoms with Crippen molar-refractivity contribution in [3.63, 3.8) is 0 Å². The van der Waals surface area contributed by atoms with Crippen molar-refractivity contribution in [3.05, 3.63) is 30.2 Å². The van der Waals surface area contributed by atoms with Gasteiger partial charge in [-0.3, -0.25) is 4.98 Å². The predicted molar refractivity (Wildman–Crippen MR) is 52.6 cm³/mol. The minimum atomic E-state index is 0.963. The first-order valence-electron chi connectivity index (χ1n) is 4.53. The van der Waals surface area contributed by atoms with Crippen LogP contribution in [-0.2, 0) is 0 Å². The molecule has 0 aliphatic carbocycles. The molecule has 0 unspecified atom stereocenters. The zero-order chi connectivity index (χ0) is 9.10. The van der Waals surface area contributed by atoms with Gasteiger partial charge in [-0.1, -0.05) is 11.6 Å². The molecule has 0 fully saturated rings. The highest BCUT2D eigenvalue weighted by Gasteiger charge is 2.10. The molecule has 2 heterocycles. The normalized spacial score (nSPS) is 17.0. The topological polar surface area (TPSA) is 29.0 Å². The van der Waals surface area contributed by atoms with E-state index in [1.165, 1.54) is 5.57 Å². The van der Waals surface area contributed by atoms with Crippen molar-refractivity contribution in [2.24, 2.45) is 0 Å². The van der Waals surface area contributed by atoms with Crippen LogP contribution in [0.4, 0.5) is 5.82 Å². The van der Waals surface area contributed by atoms with Crippen molar-refractivity contribution >= 4 is 5.82 Å². The average Bonchev–Trinajstić information content (AvgIpc) is 2.20. The summed E-state index contributed by atoms with van der Waals surface area (Å²) in [5.74, 6) is 0.978. The molecule has 2 rings (SSSR count). The Kier molecular flexibility index (Phi) is 2.25. The Morgan fingerprint density at radius 2 is 2.31 bits per heavy atom. The van der Waals surface area contributed by atoms with E-state index in [0.29, 0.717) is 0 Å². The summed E-state index contributed by atoms with van der Waals surface area (Å²) in [6.45, 7) is 4.19. The van der Waals surface area contributed by atoms with Crippen LogP contribution in [0.2, 0.25) is 0 Å². The minimum absolute atomic E-state index is 0.963. The van der Waals surface area contributed by atoms with E-state index in [1.807, 2.05) is 6.20 Å². The van der Waals surface area contributed by atoms with Gasteiger partial charge in [0.1, 0.15) is 5.82 Å². The van der Waals surface area contributed by atoms with Gasteiger partial charge in [0, 0.05) is 25.5 Å². The summed E-state index contributed by atoms with van der Waals surface area (Å²) < 4.78 is 0. The summed E-state index contributed by atoms with van der Waals surface area (Å²) in [6.07, 6.45) is 8.64. The molecule has 0 atom stereocenters. The number of aromatic nitrogens is 2. The molecule has 3 nitrogen and oxygen atoms in total. The van der Waals surface area contributed by atoms with Gasteiger partial charge in [0.25, 0.3) is 0 Å². The molecule has 0 spiro atoms. The number of nitrogens with zero attached hydrogens (tertiary/aromatic N) is 3. The highest BCUT2D eigenvalue weighted by atomic mass is 15.2. The molecule has 0 bridgehead atoms. The monoisotopic (exact) mass is 175 g/mol. The van der Waals surface area contributed by atoms with Gasteiger partial charge in [0.15, 0.2) is 0 Å². The van der Waals surface area contributed by atoms with Gasteiger partial charge in [0.2, 0.25) is 0 Å². The first-order chi connectivity index (χ1) is 6.36. The van der Waals surface area contributed by atoms with E-state index in [1.54, 1.807) is 12.4 Å². The Labute approximate surface area is 78.1 Å². The minimum Gasteiger partial charge on any atom is -0.351 e. The van der Waals surface area contributed by atoms with Crippen molar-refractivity contribution in [2.45, 2.75) is 13.3 Å². The summed E-state index contributed by atoms with van der Waals surface area (Å²) in [5, 5.41) is 0. The molecule has 3 heteroatoms. The van der Waals surface area contributed by atoms with Crippen LogP contribution >= 0.6 is 0 Å². The number of rotatable bonds is 1. The fourth-order valence-electron chi connectivity index (χ4n) is 1.43. The van der Waals surface area contributed by atoms with Crippen LogP contribution in [0, 0.1) is 0 Å². The third-order valence-electron chi connectivity index (χ3n) is 2.31. The third-order valence-corrected chi connectivity index (χ3v) is 2.31. The second-order valence-corrected chi connectivity index (χ2v) is 3.31. The first-order valence-corrected chi connectivity index (χ1v) is 4.53. The van der Waals surface area contributed by atoms with Gasteiger partial charge < -0.3 is 4.90 Å². The number of anilines is 1. The van der Waals surface area contributed by atoms with Crippen LogP contribution in [-0.4, -0.2) is 23.1 Å². The summed E-state index contributed by atoms with van der Waals surface area (Å²) in [6, 6.07) is 0. The fourth-order valence-corrected chi connectivity index (χ4v) is 1.43. The third kappa shape index (κ3) is 1.86. The maximum atomic E-state index is 4.26. The second-order valence-electron chi connectivity index (χ2n) is 3.31. The lowest BCUT2D eigenvalue weighted by Gasteiger charge is -2.25. The van der Waals surface area contributed by atoms with Crippen molar-refractivity contribution in [1.29, 1.82) is 0 Å². The van der Waals surface area contributed by atoms with Crippen molar-refractivity contribution in [3.8, 4) is 0 Å². The van der Waals surface area contributed by atoms with Gasteiger partial charge in [0.05, 0.1) is 6.20 Å². The lowest BCUT2D eigenvalue weighted by atomic mass is 10.1. The standard InChI is InChI=1S/C10H13N3/c1-9-2-6-13(7-3-9)10-8-11-4-5-12-10/h2,4-5,8H,3,6-7H2,1H3. The predicted octanol–water partition coefficient (Wildman–Crippen LogP) is 1.63. The summed E-state index contributed by atoms with van der Waals surface area (Å²) in [4.78, 5) is 10.6. The highest BCUT2D eigenvalue weighted by Crippen LogP contribution is 2.15. The molecule has 0 amide bonds. The molecule has 0 N–H and O–H groups in total. The Morgan fingerprint density at radius 1 is 1.38 bits per heavy atom. The maximum absolute atomic E-state index is 4.26.